The van der Waals surface area contributed by atoms with Crippen molar-refractivity contribution in [3.8, 4) is 22.8 Å². The Labute approximate surface area is 149 Å². The number of oxazole rings is 1. The van der Waals surface area contributed by atoms with Crippen LogP contribution in [0.3, 0.4) is 0 Å². The van der Waals surface area contributed by atoms with Gasteiger partial charge in [0, 0.05) is 12.1 Å². The van der Waals surface area contributed by atoms with E-state index in [0.29, 0.717) is 28.4 Å². The van der Waals surface area contributed by atoms with Crippen molar-refractivity contribution in [2.45, 2.75) is 6.54 Å². The number of hydrogen-bond acceptors (Lipinski definition) is 5. The molecule has 0 unspecified atom stereocenters. The van der Waals surface area contributed by atoms with Gasteiger partial charge in [-0.05, 0) is 35.9 Å². The van der Waals surface area contributed by atoms with Crippen LogP contribution in [0.4, 0.5) is 4.39 Å². The van der Waals surface area contributed by atoms with Gasteiger partial charge in [0.25, 0.3) is 5.91 Å². The van der Waals surface area contributed by atoms with Crippen LogP contribution in [-0.2, 0) is 6.54 Å². The number of methoxy groups -OCH3 is 2. The highest BCUT2D eigenvalue weighted by atomic mass is 19.1. The van der Waals surface area contributed by atoms with Crippen LogP contribution in [0.15, 0.2) is 53.3 Å². The minimum Gasteiger partial charge on any atom is -0.493 e. The summed E-state index contributed by atoms with van der Waals surface area (Å²) >= 11 is 0. The SMILES string of the molecule is COc1ccc(-c2ocnc2C(=O)NCc2cccc(F)c2)cc1OC. The number of nitrogens with zero attached hydrogens (tertiary/aromatic N) is 1. The summed E-state index contributed by atoms with van der Waals surface area (Å²) < 4.78 is 29.1. The predicted molar refractivity (Wildman–Crippen MR) is 92.6 cm³/mol. The molecule has 134 valence electrons. The fourth-order valence-corrected chi connectivity index (χ4v) is 2.50. The molecule has 6 nitrogen and oxygen atoms in total. The molecule has 0 radical (unpaired) electrons. The van der Waals surface area contributed by atoms with E-state index in [-0.39, 0.29) is 18.1 Å². The summed E-state index contributed by atoms with van der Waals surface area (Å²) in [6.45, 7) is 0.175. The molecule has 0 aliphatic heterocycles. The molecule has 0 saturated heterocycles. The van der Waals surface area contributed by atoms with Crippen LogP contribution < -0.4 is 14.8 Å². The first kappa shape index (κ1) is 17.5. The zero-order chi connectivity index (χ0) is 18.5. The smallest absolute Gasteiger partial charge is 0.274 e. The molecule has 1 amide bonds. The molecule has 1 N–H and O–H groups in total. The Morgan fingerprint density at radius 1 is 1.15 bits per heavy atom. The summed E-state index contributed by atoms with van der Waals surface area (Å²) in [5.41, 5.74) is 1.40. The van der Waals surface area contributed by atoms with Crippen molar-refractivity contribution in [2.24, 2.45) is 0 Å². The first-order chi connectivity index (χ1) is 12.6. The second kappa shape index (κ2) is 7.69. The lowest BCUT2D eigenvalue weighted by Crippen LogP contribution is -2.23. The van der Waals surface area contributed by atoms with Crippen LogP contribution in [0.1, 0.15) is 16.1 Å². The van der Waals surface area contributed by atoms with Crippen LogP contribution >= 0.6 is 0 Å². The summed E-state index contributed by atoms with van der Waals surface area (Å²) in [6.07, 6.45) is 1.20. The van der Waals surface area contributed by atoms with Gasteiger partial charge in [0.2, 0.25) is 0 Å². The molecule has 0 aliphatic rings. The van der Waals surface area contributed by atoms with Crippen LogP contribution in [-0.4, -0.2) is 25.1 Å². The molecular formula is C19H17FN2O4. The Hall–Kier alpha value is -3.35. The third-order valence-electron chi connectivity index (χ3n) is 3.77. The van der Waals surface area contributed by atoms with E-state index in [1.807, 2.05) is 0 Å². The number of carbonyl (C=O) groups is 1. The summed E-state index contributed by atoms with van der Waals surface area (Å²) in [5, 5.41) is 2.71. The van der Waals surface area contributed by atoms with Crippen molar-refractivity contribution in [3.63, 3.8) is 0 Å². The highest BCUT2D eigenvalue weighted by Crippen LogP contribution is 2.33. The molecule has 0 saturated carbocycles. The summed E-state index contributed by atoms with van der Waals surface area (Å²) in [5.74, 6) is 0.597. The standard InChI is InChI=1S/C19H17FN2O4/c1-24-15-7-6-13(9-16(15)25-2)18-17(22-11-26-18)19(23)21-10-12-4-3-5-14(20)8-12/h3-9,11H,10H2,1-2H3,(H,21,23). The van der Waals surface area contributed by atoms with Crippen LogP contribution in [0.5, 0.6) is 11.5 Å². The van der Waals surface area contributed by atoms with Crippen molar-refractivity contribution in [1.82, 2.24) is 10.3 Å². The fourth-order valence-electron chi connectivity index (χ4n) is 2.50. The molecule has 26 heavy (non-hydrogen) atoms. The first-order valence-corrected chi connectivity index (χ1v) is 7.81. The molecule has 7 heteroatoms. The Bertz CT molecular complexity index is 923. The van der Waals surface area contributed by atoms with E-state index in [9.17, 15) is 9.18 Å². The minimum atomic E-state index is -0.423. The molecular weight excluding hydrogens is 339 g/mol. The molecule has 0 atom stereocenters. The quantitative estimate of drug-likeness (QED) is 0.732. The van der Waals surface area contributed by atoms with E-state index in [1.165, 1.54) is 32.7 Å². The number of amides is 1. The maximum Gasteiger partial charge on any atom is 0.274 e. The van der Waals surface area contributed by atoms with Crippen molar-refractivity contribution < 1.29 is 23.1 Å². The molecule has 1 heterocycles. The number of carbonyl (C=O) groups excluding carboxylic acids is 1. The number of benzene rings is 2. The lowest BCUT2D eigenvalue weighted by molar-refractivity contribution is 0.0946. The van der Waals surface area contributed by atoms with Gasteiger partial charge in [-0.3, -0.25) is 4.79 Å². The van der Waals surface area contributed by atoms with Crippen LogP contribution in [0, 0.1) is 5.82 Å². The number of rotatable bonds is 6. The maximum atomic E-state index is 13.2. The van der Waals surface area contributed by atoms with Crippen LogP contribution in [0.25, 0.3) is 11.3 Å². The van der Waals surface area contributed by atoms with E-state index >= 15 is 0 Å². The molecule has 3 aromatic rings. The molecule has 0 bridgehead atoms. The normalized spacial score (nSPS) is 10.4. The lowest BCUT2D eigenvalue weighted by atomic mass is 10.1. The van der Waals surface area contributed by atoms with Gasteiger partial charge in [0.05, 0.1) is 14.2 Å². The van der Waals surface area contributed by atoms with Crippen molar-refractivity contribution in [3.05, 3.63) is 65.9 Å². The van der Waals surface area contributed by atoms with E-state index in [1.54, 1.807) is 30.3 Å². The number of halogens is 1. The zero-order valence-electron chi connectivity index (χ0n) is 14.3. The van der Waals surface area contributed by atoms with Crippen molar-refractivity contribution in [2.75, 3.05) is 14.2 Å². The van der Waals surface area contributed by atoms with E-state index in [0.717, 1.165) is 0 Å². The Morgan fingerprint density at radius 2 is 1.96 bits per heavy atom. The third-order valence-corrected chi connectivity index (χ3v) is 3.77. The number of hydrogen-bond donors (Lipinski definition) is 1. The van der Waals surface area contributed by atoms with E-state index < -0.39 is 5.91 Å². The molecule has 3 rings (SSSR count). The Morgan fingerprint density at radius 3 is 2.69 bits per heavy atom. The second-order valence-corrected chi connectivity index (χ2v) is 5.41. The summed E-state index contributed by atoms with van der Waals surface area (Å²) in [6, 6.07) is 11.2. The average Bonchev–Trinajstić information content (AvgIpc) is 3.15. The summed E-state index contributed by atoms with van der Waals surface area (Å²) in [4.78, 5) is 16.4. The maximum absolute atomic E-state index is 13.2. The van der Waals surface area contributed by atoms with Gasteiger partial charge in [-0.25, -0.2) is 9.37 Å². The monoisotopic (exact) mass is 356 g/mol. The third kappa shape index (κ3) is 3.66. The van der Waals surface area contributed by atoms with Gasteiger partial charge in [0.15, 0.2) is 29.3 Å². The average molecular weight is 356 g/mol. The first-order valence-electron chi connectivity index (χ1n) is 7.81. The van der Waals surface area contributed by atoms with Gasteiger partial charge >= 0.3 is 0 Å². The van der Waals surface area contributed by atoms with Gasteiger partial charge in [0.1, 0.15) is 5.82 Å². The van der Waals surface area contributed by atoms with Crippen molar-refractivity contribution >= 4 is 5.91 Å². The summed E-state index contributed by atoms with van der Waals surface area (Å²) in [7, 11) is 3.06. The van der Waals surface area contributed by atoms with Crippen LogP contribution in [0.2, 0.25) is 0 Å². The zero-order valence-corrected chi connectivity index (χ0v) is 14.3. The number of aromatic nitrogens is 1. The second-order valence-electron chi connectivity index (χ2n) is 5.41. The Kier molecular flexibility index (Phi) is 5.17. The topological polar surface area (TPSA) is 73.6 Å². The van der Waals surface area contributed by atoms with Gasteiger partial charge in [-0.1, -0.05) is 12.1 Å². The van der Waals surface area contributed by atoms with E-state index in [4.69, 9.17) is 13.9 Å². The number of ether oxygens (including phenoxy) is 2. The molecule has 0 aliphatic carbocycles. The molecule has 0 spiro atoms. The molecule has 1 aromatic heterocycles. The molecule has 0 fully saturated rings. The lowest BCUT2D eigenvalue weighted by Gasteiger charge is -2.09. The fraction of sp³-hybridized carbons (Fsp3) is 0.158. The van der Waals surface area contributed by atoms with Gasteiger partial charge in [-0.2, -0.15) is 0 Å². The molecule has 2 aromatic carbocycles. The largest absolute Gasteiger partial charge is 0.493 e. The highest BCUT2D eigenvalue weighted by Gasteiger charge is 2.19. The van der Waals surface area contributed by atoms with Gasteiger partial charge < -0.3 is 19.2 Å². The predicted octanol–water partition coefficient (Wildman–Crippen LogP) is 3.43. The van der Waals surface area contributed by atoms with Gasteiger partial charge in [-0.15, -0.1) is 0 Å². The Balaban J connectivity index is 1.80. The highest BCUT2D eigenvalue weighted by molar-refractivity contribution is 5.97. The van der Waals surface area contributed by atoms with Crippen molar-refractivity contribution in [1.29, 1.82) is 0 Å². The van der Waals surface area contributed by atoms with E-state index in [2.05, 4.69) is 10.3 Å². The number of nitrogens with one attached hydrogen (secondary N) is 1. The minimum absolute atomic E-state index is 0.133.